The molecule has 11 heteroatoms. The lowest BCUT2D eigenvalue weighted by molar-refractivity contribution is -0.117. The topological polar surface area (TPSA) is 115 Å². The lowest BCUT2D eigenvalue weighted by atomic mass is 9.87. The molecule has 2 aliphatic heterocycles. The summed E-state index contributed by atoms with van der Waals surface area (Å²) < 4.78 is 36.8. The van der Waals surface area contributed by atoms with Crippen LogP contribution in [-0.4, -0.2) is 61.7 Å². The van der Waals surface area contributed by atoms with Gasteiger partial charge >= 0.3 is 0 Å². The van der Waals surface area contributed by atoms with E-state index in [1.165, 1.54) is 11.3 Å². The number of aromatic nitrogens is 1. The first-order valence-electron chi connectivity index (χ1n) is 14.6. The molecule has 3 aliphatic rings. The van der Waals surface area contributed by atoms with Crippen LogP contribution in [0.5, 0.6) is 10.8 Å². The Morgan fingerprint density at radius 2 is 1.83 bits per heavy atom. The Kier molecular flexibility index (Phi) is 8.60. The maximum Gasteiger partial charge on any atom is 0.253 e. The van der Waals surface area contributed by atoms with Crippen LogP contribution in [0.4, 0.5) is 5.13 Å². The first-order valence-corrected chi connectivity index (χ1v) is 17.0. The SMILES string of the molecule is O=C(Nc1ncc(Oc2cccc(C(=O)N3CCC3)c2)s1)[C@H](CCC1CCOCC1)c1ccc(S(=O)(=O)C2CC2)cc1. The van der Waals surface area contributed by atoms with Crippen molar-refractivity contribution in [2.75, 3.05) is 31.6 Å². The van der Waals surface area contributed by atoms with Crippen LogP contribution in [0, 0.1) is 5.92 Å². The van der Waals surface area contributed by atoms with Crippen LogP contribution < -0.4 is 10.1 Å². The van der Waals surface area contributed by atoms with E-state index in [9.17, 15) is 18.0 Å². The van der Waals surface area contributed by atoms with Gasteiger partial charge in [-0.15, -0.1) is 0 Å². The molecular weight excluding hydrogens is 574 g/mol. The maximum atomic E-state index is 13.6. The minimum absolute atomic E-state index is 0.00563. The van der Waals surface area contributed by atoms with Gasteiger partial charge in [0.2, 0.25) is 11.0 Å². The van der Waals surface area contributed by atoms with Crippen molar-refractivity contribution in [2.45, 2.75) is 61.0 Å². The number of likely N-dealkylation sites (tertiary alicyclic amines) is 1. The lowest BCUT2D eigenvalue weighted by Crippen LogP contribution is -2.41. The van der Waals surface area contributed by atoms with Crippen molar-refractivity contribution in [1.82, 2.24) is 9.88 Å². The van der Waals surface area contributed by atoms with Crippen molar-refractivity contribution < 1.29 is 27.5 Å². The molecule has 0 spiro atoms. The number of rotatable bonds is 11. The summed E-state index contributed by atoms with van der Waals surface area (Å²) in [5.41, 5.74) is 1.36. The van der Waals surface area contributed by atoms with Crippen LogP contribution in [0.3, 0.4) is 0 Å². The highest BCUT2D eigenvalue weighted by molar-refractivity contribution is 7.92. The number of benzene rings is 2. The molecule has 1 saturated carbocycles. The van der Waals surface area contributed by atoms with E-state index in [0.717, 1.165) is 57.6 Å². The van der Waals surface area contributed by atoms with Gasteiger partial charge in [0.1, 0.15) is 5.75 Å². The molecule has 0 unspecified atom stereocenters. The number of carbonyl (C=O) groups excluding carboxylic acids is 2. The van der Waals surface area contributed by atoms with Gasteiger partial charge in [-0.25, -0.2) is 13.4 Å². The van der Waals surface area contributed by atoms with Crippen LogP contribution >= 0.6 is 11.3 Å². The van der Waals surface area contributed by atoms with E-state index in [-0.39, 0.29) is 17.1 Å². The summed E-state index contributed by atoms with van der Waals surface area (Å²) in [6, 6.07) is 13.9. The normalized spacial score (nSPS) is 18.2. The molecule has 3 fully saturated rings. The standard InChI is InChI=1S/C31H35N3O6S2/c35-29(33-31-32-20-28(41-31)40-24-4-1-3-23(19-24)30(36)34-15-2-16-34)27(12-5-21-13-17-39-18-14-21)22-6-8-25(9-7-22)42(37,38)26-10-11-26/h1,3-4,6-9,19-21,26-27H,2,5,10-18H2,(H,32,33,35)/t27-/m1/s1. The van der Waals surface area contributed by atoms with Gasteiger partial charge < -0.3 is 19.7 Å². The summed E-state index contributed by atoms with van der Waals surface area (Å²) in [5, 5.41) is 3.58. The van der Waals surface area contributed by atoms with Crippen LogP contribution in [0.25, 0.3) is 0 Å². The van der Waals surface area contributed by atoms with Crippen molar-refractivity contribution in [3.8, 4) is 10.8 Å². The Labute approximate surface area is 250 Å². The molecule has 42 heavy (non-hydrogen) atoms. The number of nitrogens with zero attached hydrogens (tertiary/aromatic N) is 2. The Morgan fingerprint density at radius 1 is 1.07 bits per heavy atom. The highest BCUT2D eigenvalue weighted by Gasteiger charge is 2.37. The van der Waals surface area contributed by atoms with Gasteiger partial charge in [-0.3, -0.25) is 9.59 Å². The second kappa shape index (κ2) is 12.5. The van der Waals surface area contributed by atoms with Gasteiger partial charge in [0.05, 0.1) is 22.3 Å². The molecule has 1 N–H and O–H groups in total. The van der Waals surface area contributed by atoms with E-state index in [1.54, 1.807) is 59.6 Å². The number of sulfone groups is 1. The third-order valence-corrected chi connectivity index (χ3v) is 11.3. The fourth-order valence-electron chi connectivity index (χ4n) is 5.41. The Hall–Kier alpha value is -3.28. The number of ether oxygens (including phenoxy) is 2. The summed E-state index contributed by atoms with van der Waals surface area (Å²) in [5.74, 6) is 0.366. The molecule has 2 aromatic carbocycles. The van der Waals surface area contributed by atoms with Crippen molar-refractivity contribution in [3.63, 3.8) is 0 Å². The predicted octanol–water partition coefficient (Wildman–Crippen LogP) is 5.65. The Balaban J connectivity index is 1.14. The monoisotopic (exact) mass is 609 g/mol. The number of hydrogen-bond acceptors (Lipinski definition) is 8. The van der Waals surface area contributed by atoms with E-state index in [0.29, 0.717) is 51.6 Å². The average molecular weight is 610 g/mol. The molecule has 0 radical (unpaired) electrons. The predicted molar refractivity (Wildman–Crippen MR) is 160 cm³/mol. The van der Waals surface area contributed by atoms with Gasteiger partial charge in [-0.1, -0.05) is 29.5 Å². The molecule has 1 atom stereocenters. The second-order valence-corrected chi connectivity index (χ2v) is 14.5. The molecule has 0 bridgehead atoms. The highest BCUT2D eigenvalue weighted by atomic mass is 32.2. The third kappa shape index (κ3) is 6.68. The van der Waals surface area contributed by atoms with Crippen LogP contribution in [0.1, 0.15) is 66.8 Å². The van der Waals surface area contributed by atoms with Crippen molar-refractivity contribution >= 4 is 38.1 Å². The number of carbonyl (C=O) groups is 2. The Morgan fingerprint density at radius 3 is 2.52 bits per heavy atom. The molecular formula is C31H35N3O6S2. The van der Waals surface area contributed by atoms with Crippen molar-refractivity contribution in [1.29, 1.82) is 0 Å². The lowest BCUT2D eigenvalue weighted by Gasteiger charge is -2.30. The van der Waals surface area contributed by atoms with Crippen molar-refractivity contribution in [2.24, 2.45) is 5.92 Å². The zero-order valence-electron chi connectivity index (χ0n) is 23.4. The van der Waals surface area contributed by atoms with E-state index >= 15 is 0 Å². The second-order valence-electron chi connectivity index (χ2n) is 11.2. The zero-order valence-corrected chi connectivity index (χ0v) is 25.0. The highest BCUT2D eigenvalue weighted by Crippen LogP contribution is 2.36. The first kappa shape index (κ1) is 28.8. The minimum Gasteiger partial charge on any atom is -0.445 e. The molecule has 1 aromatic heterocycles. The molecule has 1 aliphatic carbocycles. The summed E-state index contributed by atoms with van der Waals surface area (Å²) >= 11 is 1.21. The summed E-state index contributed by atoms with van der Waals surface area (Å²) in [4.78, 5) is 32.6. The smallest absolute Gasteiger partial charge is 0.253 e. The molecule has 3 heterocycles. The van der Waals surface area contributed by atoms with Gasteiger partial charge in [0.25, 0.3) is 5.91 Å². The number of thiazole rings is 1. The first-order chi connectivity index (χ1) is 20.4. The van der Waals surface area contributed by atoms with Gasteiger partial charge in [0, 0.05) is 31.9 Å². The van der Waals surface area contributed by atoms with Gasteiger partial charge in [0.15, 0.2) is 15.0 Å². The fraction of sp³-hybridized carbons (Fsp3) is 0.452. The van der Waals surface area contributed by atoms with E-state index in [1.807, 2.05) is 0 Å². The van der Waals surface area contributed by atoms with Crippen LogP contribution in [-0.2, 0) is 19.4 Å². The average Bonchev–Trinajstić information content (AvgIpc) is 3.75. The minimum atomic E-state index is -3.30. The molecule has 2 amide bonds. The molecule has 6 rings (SSSR count). The largest absolute Gasteiger partial charge is 0.445 e. The molecule has 3 aromatic rings. The summed E-state index contributed by atoms with van der Waals surface area (Å²) in [7, 11) is -3.30. The Bertz CT molecular complexity index is 1520. The molecule has 9 nitrogen and oxygen atoms in total. The number of nitrogens with one attached hydrogen (secondary N) is 1. The van der Waals surface area contributed by atoms with Crippen LogP contribution in [0.2, 0.25) is 0 Å². The molecule has 2 saturated heterocycles. The van der Waals surface area contributed by atoms with E-state index < -0.39 is 15.8 Å². The van der Waals surface area contributed by atoms with Crippen LogP contribution in [0.15, 0.2) is 59.6 Å². The molecule has 222 valence electrons. The summed E-state index contributed by atoms with van der Waals surface area (Å²) in [6.07, 6.45) is 7.47. The number of anilines is 1. The van der Waals surface area contributed by atoms with Gasteiger partial charge in [-0.2, -0.15) is 0 Å². The van der Waals surface area contributed by atoms with E-state index in [2.05, 4.69) is 10.3 Å². The third-order valence-electron chi connectivity index (χ3n) is 8.25. The fourth-order valence-corrected chi connectivity index (χ4v) is 7.76. The van der Waals surface area contributed by atoms with Crippen molar-refractivity contribution in [3.05, 3.63) is 65.9 Å². The quantitative estimate of drug-likeness (QED) is 0.299. The van der Waals surface area contributed by atoms with Gasteiger partial charge in [-0.05, 0) is 86.8 Å². The zero-order chi connectivity index (χ0) is 29.1. The maximum absolute atomic E-state index is 13.6. The van der Waals surface area contributed by atoms with E-state index in [4.69, 9.17) is 9.47 Å². The number of hydrogen-bond donors (Lipinski definition) is 1. The summed E-state index contributed by atoms with van der Waals surface area (Å²) in [6.45, 7) is 3.04. The number of amides is 2.